The molecule has 1 aliphatic carbocycles. The molecule has 200 valence electrons. The third-order valence-electron chi connectivity index (χ3n) is 8.14. The highest BCUT2D eigenvalue weighted by molar-refractivity contribution is 5.92. The Balaban J connectivity index is 1.12. The second kappa shape index (κ2) is 11.5. The Morgan fingerprint density at radius 2 is 1.68 bits per heavy atom. The highest BCUT2D eigenvalue weighted by Gasteiger charge is 2.34. The molecule has 5 rings (SSSR count). The van der Waals surface area contributed by atoms with Crippen LogP contribution in [0, 0.1) is 17.6 Å². The van der Waals surface area contributed by atoms with Crippen molar-refractivity contribution < 1.29 is 18.4 Å². The Hall–Kier alpha value is -3.52. The van der Waals surface area contributed by atoms with Crippen LogP contribution in [-0.4, -0.2) is 46.9 Å². The highest BCUT2D eigenvalue weighted by Crippen LogP contribution is 2.37. The Morgan fingerprint density at radius 1 is 1.00 bits per heavy atom. The number of halogens is 2. The van der Waals surface area contributed by atoms with Crippen LogP contribution in [0.15, 0.2) is 54.7 Å². The Bertz CT molecular complexity index is 1300. The molecule has 4 N–H and O–H groups in total. The topological polar surface area (TPSA) is 91.2 Å². The lowest BCUT2D eigenvalue weighted by molar-refractivity contribution is -0.128. The summed E-state index contributed by atoms with van der Waals surface area (Å²) in [6.07, 6.45) is 10.3. The van der Waals surface area contributed by atoms with Gasteiger partial charge in [0.15, 0.2) is 0 Å². The largest absolute Gasteiger partial charge is 0.368 e. The zero-order valence-electron chi connectivity index (χ0n) is 21.3. The molecule has 6 nitrogen and oxygen atoms in total. The molecule has 8 heteroatoms. The minimum atomic E-state index is -0.686. The number of carbonyl (C=O) groups is 2. The van der Waals surface area contributed by atoms with Gasteiger partial charge in [0.1, 0.15) is 11.6 Å². The third-order valence-corrected chi connectivity index (χ3v) is 8.14. The number of likely N-dealkylation sites (tertiary alicyclic amines) is 1. The number of aromatic amines is 1. The molecule has 1 unspecified atom stereocenters. The molecule has 0 radical (unpaired) electrons. The van der Waals surface area contributed by atoms with Crippen molar-refractivity contribution in [3.63, 3.8) is 0 Å². The summed E-state index contributed by atoms with van der Waals surface area (Å²) in [5, 5.41) is 4.85. The van der Waals surface area contributed by atoms with E-state index in [-0.39, 0.29) is 23.8 Å². The van der Waals surface area contributed by atoms with Crippen molar-refractivity contribution in [1.82, 2.24) is 15.2 Å². The average Bonchev–Trinajstić information content (AvgIpc) is 3.34. The average molecular weight is 521 g/mol. The fourth-order valence-corrected chi connectivity index (χ4v) is 6.10. The van der Waals surface area contributed by atoms with Gasteiger partial charge < -0.3 is 20.9 Å². The van der Waals surface area contributed by atoms with E-state index in [1.54, 1.807) is 4.90 Å². The van der Waals surface area contributed by atoms with Crippen molar-refractivity contribution in [3.8, 4) is 0 Å². The number of carbonyl (C=O) groups excluding carboxylic acids is 2. The number of aromatic nitrogens is 1. The summed E-state index contributed by atoms with van der Waals surface area (Å²) in [5.41, 5.74) is 8.66. The fourth-order valence-electron chi connectivity index (χ4n) is 6.10. The number of H-pyrrole nitrogens is 1. The number of nitrogens with two attached hydrogens (primary N) is 1. The summed E-state index contributed by atoms with van der Waals surface area (Å²) in [4.78, 5) is 30.1. The summed E-state index contributed by atoms with van der Waals surface area (Å²) in [6, 6.07) is 11.4. The molecule has 2 heterocycles. The molecule has 2 aromatic carbocycles. The van der Waals surface area contributed by atoms with Crippen LogP contribution in [0.25, 0.3) is 17.0 Å². The van der Waals surface area contributed by atoms with E-state index in [0.29, 0.717) is 37.4 Å². The van der Waals surface area contributed by atoms with Crippen molar-refractivity contribution in [2.75, 3.05) is 13.1 Å². The maximum absolute atomic E-state index is 13.4. The van der Waals surface area contributed by atoms with Crippen molar-refractivity contribution in [3.05, 3.63) is 77.5 Å². The standard InChI is InChI=1S/C30H34F2N4O2/c31-22-15-19(16-23(32)17-22)5-10-28(37)36-13-11-21(12-14-36)29(30(33)38)35-24-8-6-20(7-9-24)26-18-34-27-4-2-1-3-25(26)27/h1-5,10,15-18,20-21,24,29,34-35H,6-9,11-14H2,(H2,33,38)/t20-,24-,29?. The third kappa shape index (κ3) is 5.96. The first-order valence-corrected chi connectivity index (χ1v) is 13.4. The lowest BCUT2D eigenvalue weighted by atomic mass is 9.80. The van der Waals surface area contributed by atoms with Gasteiger partial charge in [-0.1, -0.05) is 18.2 Å². The molecular formula is C30H34F2N4O2. The maximum atomic E-state index is 13.4. The van der Waals surface area contributed by atoms with Gasteiger partial charge in [-0.05, 0) is 85.8 Å². The van der Waals surface area contributed by atoms with E-state index in [9.17, 15) is 18.4 Å². The molecule has 2 fully saturated rings. The van der Waals surface area contributed by atoms with Crippen molar-refractivity contribution in [2.45, 2.75) is 56.5 Å². The Kier molecular flexibility index (Phi) is 7.88. The number of primary amides is 1. The number of amides is 2. The molecule has 2 aliphatic rings. The van der Waals surface area contributed by atoms with E-state index in [1.165, 1.54) is 40.8 Å². The molecule has 0 spiro atoms. The maximum Gasteiger partial charge on any atom is 0.246 e. The van der Waals surface area contributed by atoms with Crippen LogP contribution in [0.3, 0.4) is 0 Å². The first-order chi connectivity index (χ1) is 18.4. The minimum absolute atomic E-state index is 0.0594. The van der Waals surface area contributed by atoms with Crippen molar-refractivity contribution in [2.24, 2.45) is 11.7 Å². The zero-order valence-corrected chi connectivity index (χ0v) is 21.3. The summed E-state index contributed by atoms with van der Waals surface area (Å²) in [5.74, 6) is -1.37. The molecule has 38 heavy (non-hydrogen) atoms. The summed E-state index contributed by atoms with van der Waals surface area (Å²) >= 11 is 0. The first kappa shape index (κ1) is 26.1. The Labute approximate surface area is 221 Å². The predicted molar refractivity (Wildman–Crippen MR) is 144 cm³/mol. The van der Waals surface area contributed by atoms with E-state index in [4.69, 9.17) is 5.73 Å². The molecule has 2 amide bonds. The van der Waals surface area contributed by atoms with Gasteiger partial charge in [0, 0.05) is 48.4 Å². The van der Waals surface area contributed by atoms with Crippen LogP contribution in [0.4, 0.5) is 8.78 Å². The summed E-state index contributed by atoms with van der Waals surface area (Å²) in [6.45, 7) is 1.01. The number of fused-ring (bicyclic) bond motifs is 1. The zero-order chi connectivity index (χ0) is 26.6. The smallest absolute Gasteiger partial charge is 0.246 e. The van der Waals surface area contributed by atoms with E-state index in [0.717, 1.165) is 31.7 Å². The number of piperidine rings is 1. The van der Waals surface area contributed by atoms with Gasteiger partial charge in [0.2, 0.25) is 11.8 Å². The van der Waals surface area contributed by atoms with Gasteiger partial charge >= 0.3 is 0 Å². The fraction of sp³-hybridized carbons (Fsp3) is 0.400. The Morgan fingerprint density at radius 3 is 2.37 bits per heavy atom. The molecule has 1 aliphatic heterocycles. The van der Waals surface area contributed by atoms with Crippen LogP contribution in [0.1, 0.15) is 55.6 Å². The van der Waals surface area contributed by atoms with Gasteiger partial charge in [0.25, 0.3) is 0 Å². The number of benzene rings is 2. The minimum Gasteiger partial charge on any atom is -0.368 e. The van der Waals surface area contributed by atoms with Crippen LogP contribution < -0.4 is 11.1 Å². The van der Waals surface area contributed by atoms with Crippen LogP contribution >= 0.6 is 0 Å². The molecule has 0 bridgehead atoms. The van der Waals surface area contributed by atoms with Gasteiger partial charge in [-0.25, -0.2) is 8.78 Å². The first-order valence-electron chi connectivity index (χ1n) is 13.4. The van der Waals surface area contributed by atoms with Gasteiger partial charge in [-0.2, -0.15) is 0 Å². The van der Waals surface area contributed by atoms with Gasteiger partial charge in [-0.15, -0.1) is 0 Å². The summed E-state index contributed by atoms with van der Waals surface area (Å²) < 4.78 is 26.8. The number of nitrogens with one attached hydrogen (secondary N) is 2. The SMILES string of the molecule is NC(=O)C(N[C@H]1CC[C@H](c2c[nH]c3ccccc32)CC1)C1CCN(C(=O)C=Cc2cc(F)cc(F)c2)CC1. The van der Waals surface area contributed by atoms with E-state index in [1.807, 2.05) is 6.07 Å². The molecule has 1 atom stereocenters. The summed E-state index contributed by atoms with van der Waals surface area (Å²) in [7, 11) is 0. The van der Waals surface area contributed by atoms with Gasteiger partial charge in [-0.3, -0.25) is 9.59 Å². The van der Waals surface area contributed by atoms with Crippen LogP contribution in [0.2, 0.25) is 0 Å². The number of hydrogen-bond donors (Lipinski definition) is 3. The number of nitrogens with zero attached hydrogens (tertiary/aromatic N) is 1. The second-order valence-corrected chi connectivity index (χ2v) is 10.6. The van der Waals surface area contributed by atoms with Crippen molar-refractivity contribution >= 4 is 28.8 Å². The van der Waals surface area contributed by atoms with E-state index >= 15 is 0 Å². The number of rotatable bonds is 7. The number of hydrogen-bond acceptors (Lipinski definition) is 3. The monoisotopic (exact) mass is 520 g/mol. The van der Waals surface area contributed by atoms with Crippen LogP contribution in [0.5, 0.6) is 0 Å². The highest BCUT2D eigenvalue weighted by atomic mass is 19.1. The quantitative estimate of drug-likeness (QED) is 0.388. The van der Waals surface area contributed by atoms with Crippen LogP contribution in [-0.2, 0) is 9.59 Å². The molecule has 3 aromatic rings. The van der Waals surface area contributed by atoms with Crippen molar-refractivity contribution in [1.29, 1.82) is 0 Å². The predicted octanol–water partition coefficient (Wildman–Crippen LogP) is 4.87. The molecule has 1 aromatic heterocycles. The van der Waals surface area contributed by atoms with E-state index in [2.05, 4.69) is 34.7 Å². The second-order valence-electron chi connectivity index (χ2n) is 10.6. The molecular weight excluding hydrogens is 486 g/mol. The van der Waals surface area contributed by atoms with E-state index < -0.39 is 17.7 Å². The normalized spacial score (nSPS) is 21.7. The lowest BCUT2D eigenvalue weighted by Gasteiger charge is -2.38. The van der Waals surface area contributed by atoms with Gasteiger partial charge in [0.05, 0.1) is 6.04 Å². The molecule has 1 saturated heterocycles. The molecule has 1 saturated carbocycles. The lowest BCUT2D eigenvalue weighted by Crippen LogP contribution is -2.54. The number of para-hydroxylation sites is 1.